The van der Waals surface area contributed by atoms with Crippen molar-refractivity contribution >= 4 is 33.4 Å². The molecule has 1 aliphatic heterocycles. The van der Waals surface area contributed by atoms with Gasteiger partial charge in [-0.05, 0) is 40.8 Å². The molecule has 0 saturated carbocycles. The van der Waals surface area contributed by atoms with Gasteiger partial charge in [0.2, 0.25) is 21.1 Å². The van der Waals surface area contributed by atoms with Gasteiger partial charge in [-0.3, -0.25) is 4.79 Å². The van der Waals surface area contributed by atoms with Gasteiger partial charge in [0.15, 0.2) is 0 Å². The molecule has 33 heavy (non-hydrogen) atoms. The Morgan fingerprint density at radius 3 is 2.67 bits per heavy atom. The third-order valence-corrected chi connectivity index (χ3v) is 7.64. The number of ether oxygens (including phenoxy) is 2. The van der Waals surface area contributed by atoms with E-state index in [1.54, 1.807) is 0 Å². The van der Waals surface area contributed by atoms with E-state index in [4.69, 9.17) is 9.47 Å². The summed E-state index contributed by atoms with van der Waals surface area (Å²) >= 11 is 1.16. The molecule has 0 unspecified atom stereocenters. The molecule has 174 valence electrons. The van der Waals surface area contributed by atoms with Gasteiger partial charge < -0.3 is 14.8 Å². The smallest absolute Gasteiger partial charge is 0.243 e. The first-order valence-corrected chi connectivity index (χ1v) is 12.4. The highest BCUT2D eigenvalue weighted by molar-refractivity contribution is 7.99. The van der Waals surface area contributed by atoms with Crippen LogP contribution in [0.25, 0.3) is 5.69 Å². The number of rotatable bonds is 8. The van der Waals surface area contributed by atoms with Crippen LogP contribution in [0.5, 0.6) is 5.75 Å². The third kappa shape index (κ3) is 5.33. The van der Waals surface area contributed by atoms with E-state index in [-0.39, 0.29) is 35.3 Å². The van der Waals surface area contributed by atoms with Gasteiger partial charge in [0.25, 0.3) is 0 Å². The van der Waals surface area contributed by atoms with Crippen molar-refractivity contribution in [1.29, 1.82) is 0 Å². The second-order valence-corrected chi connectivity index (χ2v) is 9.80. The van der Waals surface area contributed by atoms with E-state index in [0.29, 0.717) is 24.1 Å². The minimum absolute atomic E-state index is 0.0107. The second-order valence-electron chi connectivity index (χ2n) is 6.92. The zero-order chi connectivity index (χ0) is 23.3. The molecular weight excluding hydrogens is 468 g/mol. The molecule has 1 fully saturated rings. The Hall–Kier alpha value is -3.00. The van der Waals surface area contributed by atoms with Crippen molar-refractivity contribution in [3.05, 3.63) is 48.5 Å². The number of benzene rings is 2. The molecule has 1 saturated heterocycles. The van der Waals surface area contributed by atoms with Crippen LogP contribution in [-0.4, -0.2) is 78.0 Å². The highest BCUT2D eigenvalue weighted by Gasteiger charge is 2.27. The summed E-state index contributed by atoms with van der Waals surface area (Å²) in [5.74, 6) is 0.00167. The molecule has 0 bridgehead atoms. The van der Waals surface area contributed by atoms with Crippen molar-refractivity contribution in [3.8, 4) is 11.4 Å². The molecule has 1 N–H and O–H groups in total. The topological polar surface area (TPSA) is 129 Å². The van der Waals surface area contributed by atoms with Crippen LogP contribution in [0.4, 0.5) is 5.69 Å². The fraction of sp³-hybridized carbons (Fsp3) is 0.300. The Labute approximate surface area is 195 Å². The van der Waals surface area contributed by atoms with Crippen LogP contribution < -0.4 is 10.1 Å². The summed E-state index contributed by atoms with van der Waals surface area (Å²) in [6, 6.07) is 13.7. The summed E-state index contributed by atoms with van der Waals surface area (Å²) in [7, 11) is -2.27. The summed E-state index contributed by atoms with van der Waals surface area (Å²) in [5.41, 5.74) is 1.04. The number of carbonyl (C=O) groups is 1. The van der Waals surface area contributed by atoms with E-state index in [1.807, 2.05) is 30.3 Å². The molecule has 3 aromatic rings. The number of carbonyl (C=O) groups excluding carboxylic acids is 1. The number of hydrogen-bond acceptors (Lipinski definition) is 9. The van der Waals surface area contributed by atoms with Gasteiger partial charge in [0.05, 0.1) is 42.3 Å². The lowest BCUT2D eigenvalue weighted by molar-refractivity contribution is -0.113. The second kappa shape index (κ2) is 10.3. The summed E-state index contributed by atoms with van der Waals surface area (Å²) in [5, 5.41) is 14.8. The minimum atomic E-state index is -3.72. The molecular formula is C20H22N6O5S2. The predicted octanol–water partition coefficient (Wildman–Crippen LogP) is 1.42. The molecule has 0 spiro atoms. The molecule has 2 aromatic carbocycles. The van der Waals surface area contributed by atoms with Crippen molar-refractivity contribution < 1.29 is 22.7 Å². The lowest BCUT2D eigenvalue weighted by Gasteiger charge is -2.26. The SMILES string of the molecule is COc1ccc(S(=O)(=O)N2CCOCC2)cc1NC(=O)CSc1nnnn1-c1ccccc1. The number of methoxy groups -OCH3 is 1. The van der Waals surface area contributed by atoms with E-state index < -0.39 is 10.0 Å². The van der Waals surface area contributed by atoms with E-state index in [0.717, 1.165) is 17.4 Å². The minimum Gasteiger partial charge on any atom is -0.495 e. The van der Waals surface area contributed by atoms with E-state index >= 15 is 0 Å². The monoisotopic (exact) mass is 490 g/mol. The average molecular weight is 491 g/mol. The van der Waals surface area contributed by atoms with E-state index in [1.165, 1.54) is 34.3 Å². The van der Waals surface area contributed by atoms with Crippen LogP contribution >= 0.6 is 11.8 Å². The van der Waals surface area contributed by atoms with Crippen molar-refractivity contribution in [2.24, 2.45) is 0 Å². The quantitative estimate of drug-likeness (QED) is 0.466. The number of amides is 1. The lowest BCUT2D eigenvalue weighted by atomic mass is 10.3. The summed E-state index contributed by atoms with van der Waals surface area (Å²) < 4.78 is 39.4. The molecule has 13 heteroatoms. The Morgan fingerprint density at radius 2 is 1.94 bits per heavy atom. The van der Waals surface area contributed by atoms with Gasteiger partial charge in [0, 0.05) is 13.1 Å². The van der Waals surface area contributed by atoms with Crippen LogP contribution in [0.1, 0.15) is 0 Å². The van der Waals surface area contributed by atoms with E-state index in [2.05, 4.69) is 20.8 Å². The van der Waals surface area contributed by atoms with Gasteiger partial charge in [0.1, 0.15) is 5.75 Å². The molecule has 1 aliphatic rings. The number of hydrogen-bond donors (Lipinski definition) is 1. The normalized spacial score (nSPS) is 14.7. The summed E-state index contributed by atoms with van der Waals surface area (Å²) in [6.45, 7) is 1.25. The van der Waals surface area contributed by atoms with Crippen molar-refractivity contribution in [2.45, 2.75) is 10.1 Å². The lowest BCUT2D eigenvalue weighted by Crippen LogP contribution is -2.40. The fourth-order valence-electron chi connectivity index (χ4n) is 3.20. The van der Waals surface area contributed by atoms with E-state index in [9.17, 15) is 13.2 Å². The molecule has 0 atom stereocenters. The third-order valence-electron chi connectivity index (χ3n) is 4.83. The van der Waals surface area contributed by atoms with Crippen LogP contribution in [0.2, 0.25) is 0 Å². The molecule has 2 heterocycles. The zero-order valence-electron chi connectivity index (χ0n) is 17.7. The highest BCUT2D eigenvalue weighted by atomic mass is 32.2. The van der Waals surface area contributed by atoms with Gasteiger partial charge in [-0.1, -0.05) is 30.0 Å². The maximum Gasteiger partial charge on any atom is 0.243 e. The number of morpholine rings is 1. The average Bonchev–Trinajstić information content (AvgIpc) is 3.32. The molecule has 1 aromatic heterocycles. The van der Waals surface area contributed by atoms with Gasteiger partial charge in [-0.25, -0.2) is 8.42 Å². The van der Waals surface area contributed by atoms with Crippen LogP contribution in [-0.2, 0) is 19.6 Å². The number of tetrazole rings is 1. The largest absolute Gasteiger partial charge is 0.495 e. The van der Waals surface area contributed by atoms with Gasteiger partial charge in [-0.2, -0.15) is 8.99 Å². The number of thioether (sulfide) groups is 1. The summed E-state index contributed by atoms with van der Waals surface area (Å²) in [4.78, 5) is 12.7. The van der Waals surface area contributed by atoms with Crippen molar-refractivity contribution in [1.82, 2.24) is 24.5 Å². The molecule has 0 radical (unpaired) electrons. The first-order chi connectivity index (χ1) is 16.0. The number of sulfonamides is 1. The zero-order valence-corrected chi connectivity index (χ0v) is 19.4. The molecule has 11 nitrogen and oxygen atoms in total. The number of nitrogens with zero attached hydrogens (tertiary/aromatic N) is 5. The highest BCUT2D eigenvalue weighted by Crippen LogP contribution is 2.29. The van der Waals surface area contributed by atoms with Crippen molar-refractivity contribution in [3.63, 3.8) is 0 Å². The number of aromatic nitrogens is 4. The number of para-hydroxylation sites is 1. The molecule has 4 rings (SSSR count). The number of anilines is 1. The van der Waals surface area contributed by atoms with Gasteiger partial charge in [-0.15, -0.1) is 5.10 Å². The van der Waals surface area contributed by atoms with Crippen LogP contribution in [0, 0.1) is 0 Å². The van der Waals surface area contributed by atoms with Crippen LogP contribution in [0.15, 0.2) is 58.6 Å². The fourth-order valence-corrected chi connectivity index (χ4v) is 5.32. The first-order valence-electron chi connectivity index (χ1n) is 10.0. The van der Waals surface area contributed by atoms with Crippen molar-refractivity contribution in [2.75, 3.05) is 44.5 Å². The predicted molar refractivity (Wildman–Crippen MR) is 121 cm³/mol. The maximum absolute atomic E-state index is 13.0. The Morgan fingerprint density at radius 1 is 1.18 bits per heavy atom. The van der Waals surface area contributed by atoms with Gasteiger partial charge >= 0.3 is 0 Å². The first kappa shape index (κ1) is 23.2. The Balaban J connectivity index is 1.47. The maximum atomic E-state index is 13.0. The summed E-state index contributed by atoms with van der Waals surface area (Å²) in [6.07, 6.45) is 0. The van der Waals surface area contributed by atoms with Crippen LogP contribution in [0.3, 0.4) is 0 Å². The number of nitrogens with one attached hydrogen (secondary N) is 1. The molecule has 1 amide bonds. The Bertz CT molecular complexity index is 1210. The Kier molecular flexibility index (Phi) is 7.23. The molecule has 0 aliphatic carbocycles. The standard InChI is InChI=1S/C20H22N6O5S2/c1-30-18-8-7-16(33(28,29)25-9-11-31-12-10-25)13-17(18)21-19(27)14-32-20-22-23-24-26(20)15-5-3-2-4-6-15/h2-8,13H,9-12,14H2,1H3,(H,21,27).